The van der Waals surface area contributed by atoms with Crippen LogP contribution in [0.1, 0.15) is 64.2 Å². The fourth-order valence-electron chi connectivity index (χ4n) is 3.92. The van der Waals surface area contributed by atoms with Gasteiger partial charge in [0.15, 0.2) is 5.66 Å². The van der Waals surface area contributed by atoms with Crippen molar-refractivity contribution in [3.8, 4) is 0 Å². The lowest BCUT2D eigenvalue weighted by Crippen LogP contribution is -2.43. The van der Waals surface area contributed by atoms with Gasteiger partial charge in [-0.05, 0) is 31.8 Å². The summed E-state index contributed by atoms with van der Waals surface area (Å²) in [5.74, 6) is 0.430. The predicted octanol–water partition coefficient (Wildman–Crippen LogP) is 3.41. The van der Waals surface area contributed by atoms with Crippen LogP contribution >= 0.6 is 0 Å². The maximum absolute atomic E-state index is 10.9. The third-order valence-electron chi connectivity index (χ3n) is 4.86. The number of carbonyl (C=O) groups excluding carboxylic acids is 3. The van der Waals surface area contributed by atoms with Gasteiger partial charge in [-0.25, -0.2) is 9.59 Å². The molecule has 2 rings (SSSR count). The molecule has 0 unspecified atom stereocenters. The smallest absolute Gasteiger partial charge is 0.237 e. The summed E-state index contributed by atoms with van der Waals surface area (Å²) in [4.78, 5) is 38.2. The number of nitrogens with zero attached hydrogens (tertiary/aromatic N) is 3. The van der Waals surface area contributed by atoms with Crippen molar-refractivity contribution in [1.29, 1.82) is 0 Å². The van der Waals surface area contributed by atoms with E-state index in [2.05, 4.69) is 9.98 Å². The molecule has 2 fully saturated rings. The Kier molecular flexibility index (Phi) is 8.24. The first-order valence-corrected chi connectivity index (χ1v) is 7.94. The van der Waals surface area contributed by atoms with E-state index in [4.69, 9.17) is 10.2 Å². The van der Waals surface area contributed by atoms with Crippen LogP contribution in [0, 0.1) is 11.8 Å². The molecule has 6 nitrogen and oxygen atoms in total. The molecule has 0 aromatic rings. The normalized spacial score (nSPS) is 19.6. The first-order valence-electron chi connectivity index (χ1n) is 7.94. The van der Waals surface area contributed by atoms with Crippen LogP contribution in [0.3, 0.4) is 0 Å². The second-order valence-electron chi connectivity index (χ2n) is 5.95. The molecule has 0 radical (unpaired) electrons. The van der Waals surface area contributed by atoms with Crippen LogP contribution in [0.15, 0.2) is 9.98 Å². The lowest BCUT2D eigenvalue weighted by molar-refractivity contribution is 0.115. The van der Waals surface area contributed by atoms with Crippen molar-refractivity contribution < 1.29 is 14.4 Å². The van der Waals surface area contributed by atoms with Gasteiger partial charge in [-0.2, -0.15) is 9.98 Å². The Hall–Kier alpha value is -1.86. The fraction of sp³-hybridized carbons (Fsp3) is 0.812. The average molecular weight is 304 g/mol. The van der Waals surface area contributed by atoms with Crippen molar-refractivity contribution in [2.45, 2.75) is 69.9 Å². The van der Waals surface area contributed by atoms with Crippen LogP contribution in [0.4, 0.5) is 0 Å². The van der Waals surface area contributed by atoms with E-state index >= 15 is 0 Å². The predicted molar refractivity (Wildman–Crippen MR) is 81.2 cm³/mol. The van der Waals surface area contributed by atoms with Crippen molar-refractivity contribution >= 4 is 18.2 Å². The molecule has 120 valence electrons. The van der Waals surface area contributed by atoms with Gasteiger partial charge in [0.05, 0.1) is 0 Å². The van der Waals surface area contributed by atoms with Crippen molar-refractivity contribution in [2.24, 2.45) is 21.8 Å². The van der Waals surface area contributed by atoms with E-state index < -0.39 is 5.66 Å². The number of rotatable bonds is 4. The standard InChI is InChI=1S/C15H22N2O2.CNO/c18-11-16-15(17-12-19,13-7-3-1-4-8-13)14-9-5-2-6-10-14;2-1-3/h13-14H,1-10H2;/q;-1. The Morgan fingerprint density at radius 3 is 1.32 bits per heavy atom. The zero-order chi connectivity index (χ0) is 16.3. The molecular weight excluding hydrogens is 282 g/mol. The maximum Gasteiger partial charge on any atom is 0.237 e. The van der Waals surface area contributed by atoms with Crippen molar-refractivity contribution in [3.63, 3.8) is 0 Å². The zero-order valence-corrected chi connectivity index (χ0v) is 12.8. The van der Waals surface area contributed by atoms with Crippen molar-refractivity contribution in [1.82, 2.24) is 0 Å². The second-order valence-corrected chi connectivity index (χ2v) is 5.95. The highest BCUT2D eigenvalue weighted by atomic mass is 16.1. The molecule has 0 heterocycles. The Morgan fingerprint density at radius 2 is 1.05 bits per heavy atom. The van der Waals surface area contributed by atoms with Gasteiger partial charge in [0.25, 0.3) is 0 Å². The lowest BCUT2D eigenvalue weighted by Gasteiger charge is -2.41. The minimum absolute atomic E-state index is 0.215. The Labute approximate surface area is 130 Å². The first-order chi connectivity index (χ1) is 10.7. The highest BCUT2D eigenvalue weighted by Crippen LogP contribution is 2.45. The molecule has 2 saturated carbocycles. The van der Waals surface area contributed by atoms with E-state index in [-0.39, 0.29) is 11.8 Å². The van der Waals surface area contributed by atoms with Crippen LogP contribution in [0.25, 0.3) is 5.41 Å². The van der Waals surface area contributed by atoms with E-state index in [1.807, 2.05) is 0 Å². The second kappa shape index (κ2) is 9.97. The summed E-state index contributed by atoms with van der Waals surface area (Å²) in [6.07, 6.45) is 14.9. The minimum atomic E-state index is -0.857. The number of aliphatic imine (C=N–C) groups is 2. The monoisotopic (exact) mass is 304 g/mol. The summed E-state index contributed by atoms with van der Waals surface area (Å²) in [5, 5.41) is 6.76. The van der Waals surface area contributed by atoms with Gasteiger partial charge < -0.3 is 5.41 Å². The van der Waals surface area contributed by atoms with Gasteiger partial charge in [0.1, 0.15) is 0 Å². The molecule has 0 spiro atoms. The summed E-state index contributed by atoms with van der Waals surface area (Å²) in [6, 6.07) is 0. The highest BCUT2D eigenvalue weighted by Gasteiger charge is 2.46. The average Bonchev–Trinajstić information content (AvgIpc) is 2.57. The van der Waals surface area contributed by atoms with E-state index in [0.717, 1.165) is 51.4 Å². The first kappa shape index (κ1) is 18.2. The molecule has 0 bridgehead atoms. The number of isocyanates is 3. The SMILES string of the molecule is O=C=NC(N=C=O)(C1CCCCC1)C1CCCCC1.[N-]=C=O. The minimum Gasteiger partial charge on any atom is -0.724 e. The van der Waals surface area contributed by atoms with Gasteiger partial charge in [0, 0.05) is 11.8 Å². The molecule has 22 heavy (non-hydrogen) atoms. The van der Waals surface area contributed by atoms with Crippen molar-refractivity contribution in [2.75, 3.05) is 0 Å². The van der Waals surface area contributed by atoms with Crippen LogP contribution in [-0.4, -0.2) is 23.9 Å². The van der Waals surface area contributed by atoms with E-state index in [0.29, 0.717) is 6.08 Å². The maximum atomic E-state index is 10.9. The van der Waals surface area contributed by atoms with Crippen molar-refractivity contribution in [3.05, 3.63) is 5.41 Å². The summed E-state index contributed by atoms with van der Waals surface area (Å²) in [6.45, 7) is 0. The summed E-state index contributed by atoms with van der Waals surface area (Å²) in [7, 11) is 0. The molecule has 0 saturated heterocycles. The largest absolute Gasteiger partial charge is 0.724 e. The summed E-state index contributed by atoms with van der Waals surface area (Å²) in [5.41, 5.74) is -0.857. The Bertz CT molecular complexity index is 423. The molecule has 0 amide bonds. The van der Waals surface area contributed by atoms with Gasteiger partial charge in [-0.15, -0.1) is 0 Å². The molecule has 2 aliphatic carbocycles. The van der Waals surface area contributed by atoms with Crippen LogP contribution in [0.2, 0.25) is 0 Å². The molecule has 6 heteroatoms. The third kappa shape index (κ3) is 4.57. The highest BCUT2D eigenvalue weighted by molar-refractivity contribution is 5.40. The molecule has 0 aromatic heterocycles. The Morgan fingerprint density at radius 1 is 0.727 bits per heavy atom. The van der Waals surface area contributed by atoms with Crippen LogP contribution in [-0.2, 0) is 14.4 Å². The molecule has 0 atom stereocenters. The van der Waals surface area contributed by atoms with Crippen LogP contribution in [0.5, 0.6) is 0 Å². The van der Waals surface area contributed by atoms with E-state index in [9.17, 15) is 9.59 Å². The quantitative estimate of drug-likeness (QED) is 0.587. The molecule has 0 N–H and O–H groups in total. The summed E-state index contributed by atoms with van der Waals surface area (Å²) >= 11 is 0. The summed E-state index contributed by atoms with van der Waals surface area (Å²) < 4.78 is 0. The molecular formula is C16H22N3O3-. The number of hydrogen-bond donors (Lipinski definition) is 0. The van der Waals surface area contributed by atoms with E-state index in [1.54, 1.807) is 12.2 Å². The van der Waals surface area contributed by atoms with Crippen LogP contribution < -0.4 is 0 Å². The fourth-order valence-corrected chi connectivity index (χ4v) is 3.92. The molecule has 0 aromatic carbocycles. The molecule has 2 aliphatic rings. The van der Waals surface area contributed by atoms with Gasteiger partial charge in [-0.3, -0.25) is 4.79 Å². The third-order valence-corrected chi connectivity index (χ3v) is 4.86. The number of hydrogen-bond acceptors (Lipinski definition) is 5. The van der Waals surface area contributed by atoms with E-state index in [1.165, 1.54) is 12.8 Å². The lowest BCUT2D eigenvalue weighted by atomic mass is 9.69. The van der Waals surface area contributed by atoms with Gasteiger partial charge >= 0.3 is 0 Å². The Balaban J connectivity index is 0.000000745. The van der Waals surface area contributed by atoms with Gasteiger partial charge in [-0.1, -0.05) is 38.5 Å². The topological polar surface area (TPSA) is 98.2 Å². The van der Waals surface area contributed by atoms with Gasteiger partial charge in [0.2, 0.25) is 12.2 Å². The zero-order valence-electron chi connectivity index (χ0n) is 12.8. The molecule has 0 aliphatic heterocycles.